The first-order valence-corrected chi connectivity index (χ1v) is 11.3. The second-order valence-corrected chi connectivity index (χ2v) is 8.36. The monoisotopic (exact) mass is 431 g/mol. The zero-order chi connectivity index (χ0) is 21.9. The van der Waals surface area contributed by atoms with E-state index in [0.29, 0.717) is 23.5 Å². The van der Waals surface area contributed by atoms with Crippen LogP contribution in [0.5, 0.6) is 0 Å². The minimum atomic E-state index is -0.359. The molecule has 0 bridgehead atoms. The number of H-pyrrole nitrogens is 1. The molecule has 3 heterocycles. The van der Waals surface area contributed by atoms with Crippen LogP contribution in [0.3, 0.4) is 0 Å². The Labute approximate surface area is 185 Å². The number of halogens is 1. The minimum absolute atomic E-state index is 0.0810. The number of fused-ring (bicyclic) bond motifs is 2. The van der Waals surface area contributed by atoms with Crippen LogP contribution >= 0.6 is 0 Å². The molecule has 1 aliphatic rings. The Morgan fingerprint density at radius 2 is 2.03 bits per heavy atom. The maximum Gasteiger partial charge on any atom is 0.224 e. The van der Waals surface area contributed by atoms with Gasteiger partial charge in [0.2, 0.25) is 5.91 Å². The molecule has 4 aromatic rings. The van der Waals surface area contributed by atoms with Crippen molar-refractivity contribution < 1.29 is 9.18 Å². The van der Waals surface area contributed by atoms with Gasteiger partial charge in [-0.3, -0.25) is 4.79 Å². The van der Waals surface area contributed by atoms with Gasteiger partial charge < -0.3 is 14.9 Å². The second kappa shape index (κ2) is 8.94. The lowest BCUT2D eigenvalue weighted by Gasteiger charge is -2.10. The normalized spacial score (nSPS) is 13.7. The third-order valence-electron chi connectivity index (χ3n) is 6.13. The van der Waals surface area contributed by atoms with Crippen molar-refractivity contribution in [3.8, 4) is 11.4 Å². The number of anilines is 1. The molecule has 2 aromatic carbocycles. The molecule has 0 spiro atoms. The number of carbonyl (C=O) groups excluding carboxylic acids is 1. The first-order valence-electron chi connectivity index (χ1n) is 11.3. The van der Waals surface area contributed by atoms with Gasteiger partial charge in [-0.25, -0.2) is 4.39 Å². The lowest BCUT2D eigenvalue weighted by Crippen LogP contribution is -2.12. The van der Waals surface area contributed by atoms with E-state index >= 15 is 0 Å². The highest BCUT2D eigenvalue weighted by Crippen LogP contribution is 2.28. The topological polar surface area (TPSA) is 75.6 Å². The number of para-hydroxylation sites is 1. The maximum atomic E-state index is 14.6. The second-order valence-electron chi connectivity index (χ2n) is 8.36. The summed E-state index contributed by atoms with van der Waals surface area (Å²) in [6.07, 6.45) is 8.07. The summed E-state index contributed by atoms with van der Waals surface area (Å²) in [4.78, 5) is 15.8. The summed E-state index contributed by atoms with van der Waals surface area (Å²) < 4.78 is 16.6. The predicted octanol–water partition coefficient (Wildman–Crippen LogP) is 5.25. The number of aromatic amines is 1. The molecular weight excluding hydrogens is 405 g/mol. The van der Waals surface area contributed by atoms with Gasteiger partial charge in [-0.15, -0.1) is 10.2 Å². The molecule has 6 nitrogen and oxygen atoms in total. The standard InChI is InChI=1S/C25H26FN5O/c26-21-13-12-18(15-20(21)25-30-29-23-10-2-1-5-14-31(23)25)28-24(32)11-6-7-17-16-27-22-9-4-3-8-19(17)22/h3-4,8-9,12-13,15-16,27H,1-2,5-7,10-11,14H2,(H,28,32). The van der Waals surface area contributed by atoms with Crippen molar-refractivity contribution in [3.05, 3.63) is 65.9 Å². The van der Waals surface area contributed by atoms with Crippen LogP contribution in [0.4, 0.5) is 10.1 Å². The van der Waals surface area contributed by atoms with Crippen LogP contribution in [0.25, 0.3) is 22.3 Å². The highest BCUT2D eigenvalue weighted by molar-refractivity contribution is 5.91. The molecule has 0 unspecified atom stereocenters. The lowest BCUT2D eigenvalue weighted by atomic mass is 10.1. The van der Waals surface area contributed by atoms with Gasteiger partial charge in [0.1, 0.15) is 11.6 Å². The Morgan fingerprint density at radius 3 is 2.97 bits per heavy atom. The zero-order valence-corrected chi connectivity index (χ0v) is 17.9. The Morgan fingerprint density at radius 1 is 1.12 bits per heavy atom. The SMILES string of the molecule is O=C(CCCc1c[nH]c2ccccc12)Nc1ccc(F)c(-c2nnc3n2CCCCC3)c1. The smallest absolute Gasteiger partial charge is 0.224 e. The summed E-state index contributed by atoms with van der Waals surface area (Å²) in [5, 5.41) is 12.6. The van der Waals surface area contributed by atoms with Gasteiger partial charge in [0.15, 0.2) is 5.82 Å². The summed E-state index contributed by atoms with van der Waals surface area (Å²) in [6.45, 7) is 0.793. The Hall–Kier alpha value is -3.48. The predicted molar refractivity (Wildman–Crippen MR) is 123 cm³/mol. The van der Waals surface area contributed by atoms with Crippen LogP contribution in [0.2, 0.25) is 0 Å². The fraction of sp³-hybridized carbons (Fsp3) is 0.320. The summed E-state index contributed by atoms with van der Waals surface area (Å²) in [6, 6.07) is 12.8. The minimum Gasteiger partial charge on any atom is -0.361 e. The molecule has 7 heteroatoms. The number of aryl methyl sites for hydroxylation is 2. The van der Waals surface area contributed by atoms with Crippen LogP contribution < -0.4 is 5.32 Å². The molecule has 0 saturated carbocycles. The average molecular weight is 432 g/mol. The largest absolute Gasteiger partial charge is 0.361 e. The summed E-state index contributed by atoms with van der Waals surface area (Å²) >= 11 is 0. The highest BCUT2D eigenvalue weighted by atomic mass is 19.1. The zero-order valence-electron chi connectivity index (χ0n) is 17.9. The molecule has 0 saturated heterocycles. The first-order chi connectivity index (χ1) is 15.7. The number of hydrogen-bond acceptors (Lipinski definition) is 3. The number of amides is 1. The van der Waals surface area contributed by atoms with E-state index in [4.69, 9.17) is 0 Å². The molecule has 164 valence electrons. The molecule has 1 aliphatic heterocycles. The van der Waals surface area contributed by atoms with E-state index in [1.807, 2.05) is 29.0 Å². The van der Waals surface area contributed by atoms with Crippen LogP contribution in [0.15, 0.2) is 48.7 Å². The van der Waals surface area contributed by atoms with Gasteiger partial charge in [-0.2, -0.15) is 0 Å². The van der Waals surface area contributed by atoms with Gasteiger partial charge in [0.25, 0.3) is 0 Å². The molecule has 0 radical (unpaired) electrons. The molecule has 32 heavy (non-hydrogen) atoms. The number of nitrogens with one attached hydrogen (secondary N) is 2. The van der Waals surface area contributed by atoms with E-state index in [1.165, 1.54) is 17.0 Å². The van der Waals surface area contributed by atoms with Crippen molar-refractivity contribution in [2.24, 2.45) is 0 Å². The van der Waals surface area contributed by atoms with E-state index in [-0.39, 0.29) is 11.7 Å². The highest BCUT2D eigenvalue weighted by Gasteiger charge is 2.19. The van der Waals surface area contributed by atoms with E-state index in [0.717, 1.165) is 56.4 Å². The summed E-state index contributed by atoms with van der Waals surface area (Å²) in [7, 11) is 0. The quantitative estimate of drug-likeness (QED) is 0.438. The van der Waals surface area contributed by atoms with Crippen molar-refractivity contribution in [1.29, 1.82) is 0 Å². The number of hydrogen-bond donors (Lipinski definition) is 2. The van der Waals surface area contributed by atoms with Gasteiger partial charge in [0, 0.05) is 42.2 Å². The number of aromatic nitrogens is 4. The Bertz CT molecular complexity index is 1260. The molecule has 0 aliphatic carbocycles. The molecule has 2 aromatic heterocycles. The molecule has 5 rings (SSSR count). The molecule has 0 fully saturated rings. The molecule has 2 N–H and O–H groups in total. The van der Waals surface area contributed by atoms with Crippen LogP contribution in [-0.2, 0) is 24.2 Å². The van der Waals surface area contributed by atoms with E-state index in [9.17, 15) is 9.18 Å². The van der Waals surface area contributed by atoms with E-state index < -0.39 is 0 Å². The van der Waals surface area contributed by atoms with Crippen molar-refractivity contribution in [2.75, 3.05) is 5.32 Å². The molecular formula is C25H26FN5O. The van der Waals surface area contributed by atoms with Crippen LogP contribution in [0.1, 0.15) is 43.5 Å². The maximum absolute atomic E-state index is 14.6. The van der Waals surface area contributed by atoms with Crippen LogP contribution in [0, 0.1) is 5.82 Å². The van der Waals surface area contributed by atoms with Crippen molar-refractivity contribution >= 4 is 22.5 Å². The van der Waals surface area contributed by atoms with Crippen molar-refractivity contribution in [2.45, 2.75) is 51.5 Å². The molecule has 1 amide bonds. The van der Waals surface area contributed by atoms with Gasteiger partial charge >= 0.3 is 0 Å². The average Bonchev–Trinajstić information content (AvgIpc) is 3.32. The van der Waals surface area contributed by atoms with Gasteiger partial charge in [-0.1, -0.05) is 24.6 Å². The number of carbonyl (C=O) groups is 1. The van der Waals surface area contributed by atoms with Crippen molar-refractivity contribution in [1.82, 2.24) is 19.7 Å². The third kappa shape index (κ3) is 4.15. The summed E-state index contributed by atoms with van der Waals surface area (Å²) in [5.74, 6) is 1.00. The summed E-state index contributed by atoms with van der Waals surface area (Å²) in [5.41, 5.74) is 3.27. The van der Waals surface area contributed by atoms with E-state index in [1.54, 1.807) is 12.1 Å². The van der Waals surface area contributed by atoms with Gasteiger partial charge in [-0.05, 0) is 55.5 Å². The van der Waals surface area contributed by atoms with Gasteiger partial charge in [0.05, 0.1) is 5.56 Å². The van der Waals surface area contributed by atoms with E-state index in [2.05, 4.69) is 26.6 Å². The number of rotatable bonds is 6. The van der Waals surface area contributed by atoms with Crippen molar-refractivity contribution in [3.63, 3.8) is 0 Å². The fourth-order valence-electron chi connectivity index (χ4n) is 4.46. The molecule has 0 atom stereocenters. The Kier molecular flexibility index (Phi) is 5.71. The first kappa shape index (κ1) is 20.4. The third-order valence-corrected chi connectivity index (χ3v) is 6.13. The number of nitrogens with zero attached hydrogens (tertiary/aromatic N) is 3. The number of benzene rings is 2. The fourth-order valence-corrected chi connectivity index (χ4v) is 4.46. The van der Waals surface area contributed by atoms with Crippen LogP contribution in [-0.4, -0.2) is 25.7 Å². The lowest BCUT2D eigenvalue weighted by molar-refractivity contribution is -0.116. The Balaban J connectivity index is 1.25.